The van der Waals surface area contributed by atoms with Crippen molar-refractivity contribution in [3.8, 4) is 0 Å². The van der Waals surface area contributed by atoms with Crippen LogP contribution in [0.3, 0.4) is 0 Å². The molecular formula is C24H30FN3O2. The van der Waals surface area contributed by atoms with Gasteiger partial charge >= 0.3 is 0 Å². The molecule has 4 rings (SSSR count). The molecule has 6 heteroatoms. The average Bonchev–Trinajstić information content (AvgIpc) is 2.95. The minimum atomic E-state index is -0.456. The fourth-order valence-corrected chi connectivity index (χ4v) is 4.58. The first-order chi connectivity index (χ1) is 14.6. The van der Waals surface area contributed by atoms with Crippen molar-refractivity contribution < 1.29 is 13.9 Å². The number of rotatable bonds is 4. The number of fused-ring (bicyclic) bond motifs is 1. The number of likely N-dealkylation sites (N-methyl/N-ethyl adjacent to an activating group) is 2. The third kappa shape index (κ3) is 4.26. The Hall–Kier alpha value is -2.28. The Kier molecular flexibility index (Phi) is 6.46. The first kappa shape index (κ1) is 21.0. The summed E-state index contributed by atoms with van der Waals surface area (Å²) in [5.41, 5.74) is 3.28. The second-order valence-corrected chi connectivity index (χ2v) is 8.24. The predicted octanol–water partition coefficient (Wildman–Crippen LogP) is 2.61. The van der Waals surface area contributed by atoms with E-state index in [1.165, 1.54) is 17.7 Å². The van der Waals surface area contributed by atoms with Crippen LogP contribution in [0.1, 0.15) is 29.2 Å². The van der Waals surface area contributed by atoms with Crippen LogP contribution in [-0.2, 0) is 16.0 Å². The van der Waals surface area contributed by atoms with Gasteiger partial charge in [0.25, 0.3) is 5.91 Å². The molecule has 2 aromatic carbocycles. The van der Waals surface area contributed by atoms with Crippen LogP contribution >= 0.6 is 0 Å². The van der Waals surface area contributed by atoms with E-state index >= 15 is 0 Å². The zero-order chi connectivity index (χ0) is 21.1. The molecule has 5 nitrogen and oxygen atoms in total. The smallest absolute Gasteiger partial charge is 0.252 e. The maximum atomic E-state index is 13.6. The highest BCUT2D eigenvalue weighted by Crippen LogP contribution is 2.36. The second kappa shape index (κ2) is 9.25. The van der Waals surface area contributed by atoms with Gasteiger partial charge in [-0.3, -0.25) is 9.69 Å². The minimum Gasteiger partial charge on any atom is -0.367 e. The molecule has 1 N–H and O–H groups in total. The lowest BCUT2D eigenvalue weighted by molar-refractivity contribution is -0.146. The van der Waals surface area contributed by atoms with Crippen LogP contribution in [0.2, 0.25) is 0 Å². The lowest BCUT2D eigenvalue weighted by Crippen LogP contribution is -2.46. The molecule has 0 radical (unpaired) electrons. The van der Waals surface area contributed by atoms with Gasteiger partial charge in [-0.15, -0.1) is 0 Å². The average molecular weight is 412 g/mol. The summed E-state index contributed by atoms with van der Waals surface area (Å²) in [4.78, 5) is 17.8. The van der Waals surface area contributed by atoms with Gasteiger partial charge in [-0.25, -0.2) is 4.39 Å². The van der Waals surface area contributed by atoms with E-state index in [9.17, 15) is 9.18 Å². The first-order valence-electron chi connectivity index (χ1n) is 10.7. The molecule has 0 aromatic heterocycles. The highest BCUT2D eigenvalue weighted by atomic mass is 19.1. The third-order valence-electron chi connectivity index (χ3n) is 6.32. The molecule has 30 heavy (non-hydrogen) atoms. The normalized spacial score (nSPS) is 24.9. The Labute approximate surface area is 177 Å². The fraction of sp³-hybridized carbons (Fsp3) is 0.458. The molecule has 0 aliphatic carbocycles. The zero-order valence-electron chi connectivity index (χ0n) is 17.7. The van der Waals surface area contributed by atoms with Crippen LogP contribution in [0, 0.1) is 5.82 Å². The summed E-state index contributed by atoms with van der Waals surface area (Å²) in [6, 6.07) is 14.8. The number of hydrogen-bond acceptors (Lipinski definition) is 4. The SMILES string of the molecule is CNC[C@@H]1CO[C@@H](C(=O)N2CCc3ccccc3[C@@H]2c2ccc(F)cc2)CCN1C. The van der Waals surface area contributed by atoms with E-state index < -0.39 is 6.10 Å². The highest BCUT2D eigenvalue weighted by Gasteiger charge is 2.37. The lowest BCUT2D eigenvalue weighted by atomic mass is 9.87. The molecule has 2 heterocycles. The summed E-state index contributed by atoms with van der Waals surface area (Å²) in [7, 11) is 4.01. The van der Waals surface area contributed by atoms with E-state index in [2.05, 4.69) is 29.4 Å². The van der Waals surface area contributed by atoms with Gasteiger partial charge < -0.3 is 15.0 Å². The molecule has 3 atom stereocenters. The molecule has 0 bridgehead atoms. The lowest BCUT2D eigenvalue weighted by Gasteiger charge is -2.39. The van der Waals surface area contributed by atoms with Crippen molar-refractivity contribution >= 4 is 5.91 Å². The highest BCUT2D eigenvalue weighted by molar-refractivity contribution is 5.82. The van der Waals surface area contributed by atoms with E-state index in [0.717, 1.165) is 30.6 Å². The second-order valence-electron chi connectivity index (χ2n) is 8.24. The van der Waals surface area contributed by atoms with Crippen LogP contribution in [0.15, 0.2) is 48.5 Å². The molecule has 2 aliphatic rings. The van der Waals surface area contributed by atoms with E-state index in [1.807, 2.05) is 24.1 Å². The standard InChI is InChI=1S/C24H30FN3O2/c1-26-15-20-16-30-22(12-13-27(20)2)24(29)28-14-11-17-5-3-4-6-21(17)23(28)18-7-9-19(25)10-8-18/h3-10,20,22-23,26H,11-16H2,1-2H3/t20-,22-,23+/m1/s1. The molecule has 1 saturated heterocycles. The molecule has 2 aromatic rings. The molecule has 2 aliphatic heterocycles. The zero-order valence-corrected chi connectivity index (χ0v) is 17.7. The van der Waals surface area contributed by atoms with Gasteiger partial charge in [0, 0.05) is 25.7 Å². The third-order valence-corrected chi connectivity index (χ3v) is 6.32. The number of hydrogen-bond donors (Lipinski definition) is 1. The van der Waals surface area contributed by atoms with E-state index in [-0.39, 0.29) is 23.8 Å². The Bertz CT molecular complexity index is 873. The molecule has 1 amide bonds. The molecule has 0 unspecified atom stereocenters. The van der Waals surface area contributed by atoms with Crippen molar-refractivity contribution in [2.45, 2.75) is 31.0 Å². The van der Waals surface area contributed by atoms with Crippen LogP contribution in [0.25, 0.3) is 0 Å². The van der Waals surface area contributed by atoms with Crippen molar-refractivity contribution in [2.75, 3.05) is 40.3 Å². The number of nitrogens with zero attached hydrogens (tertiary/aromatic N) is 2. The van der Waals surface area contributed by atoms with Crippen molar-refractivity contribution in [2.24, 2.45) is 0 Å². The topological polar surface area (TPSA) is 44.8 Å². The Morgan fingerprint density at radius 1 is 1.17 bits per heavy atom. The fourth-order valence-electron chi connectivity index (χ4n) is 4.58. The summed E-state index contributed by atoms with van der Waals surface area (Å²) < 4.78 is 19.7. The van der Waals surface area contributed by atoms with Gasteiger partial charge in [0.2, 0.25) is 0 Å². The van der Waals surface area contributed by atoms with Crippen LogP contribution in [0.5, 0.6) is 0 Å². The number of amides is 1. The summed E-state index contributed by atoms with van der Waals surface area (Å²) in [6.45, 7) is 2.80. The van der Waals surface area contributed by atoms with Gasteiger partial charge in [0.15, 0.2) is 0 Å². The van der Waals surface area contributed by atoms with Crippen LogP contribution < -0.4 is 5.32 Å². The van der Waals surface area contributed by atoms with Gasteiger partial charge in [-0.2, -0.15) is 0 Å². The van der Waals surface area contributed by atoms with Gasteiger partial charge in [0.05, 0.1) is 12.6 Å². The predicted molar refractivity (Wildman–Crippen MR) is 115 cm³/mol. The quantitative estimate of drug-likeness (QED) is 0.840. The number of carbonyl (C=O) groups excluding carboxylic acids is 1. The van der Waals surface area contributed by atoms with Crippen molar-refractivity contribution in [1.29, 1.82) is 0 Å². The van der Waals surface area contributed by atoms with Gasteiger partial charge in [-0.1, -0.05) is 36.4 Å². The van der Waals surface area contributed by atoms with Crippen molar-refractivity contribution in [1.82, 2.24) is 15.1 Å². The van der Waals surface area contributed by atoms with E-state index in [4.69, 9.17) is 4.74 Å². The number of carbonyl (C=O) groups is 1. The van der Waals surface area contributed by atoms with E-state index in [1.54, 1.807) is 12.1 Å². The van der Waals surface area contributed by atoms with Crippen molar-refractivity contribution in [3.05, 3.63) is 71.0 Å². The van der Waals surface area contributed by atoms with Gasteiger partial charge in [0.1, 0.15) is 11.9 Å². The number of nitrogens with one attached hydrogen (secondary N) is 1. The maximum Gasteiger partial charge on any atom is 0.252 e. The Morgan fingerprint density at radius 2 is 1.93 bits per heavy atom. The maximum absolute atomic E-state index is 13.6. The number of halogens is 1. The largest absolute Gasteiger partial charge is 0.367 e. The van der Waals surface area contributed by atoms with Crippen molar-refractivity contribution in [3.63, 3.8) is 0 Å². The molecule has 1 fully saturated rings. The molecule has 0 spiro atoms. The Morgan fingerprint density at radius 3 is 2.70 bits per heavy atom. The van der Waals surface area contributed by atoms with Crippen LogP contribution in [-0.4, -0.2) is 68.2 Å². The molecule has 160 valence electrons. The summed E-state index contributed by atoms with van der Waals surface area (Å²) in [5.74, 6) is -0.247. The summed E-state index contributed by atoms with van der Waals surface area (Å²) >= 11 is 0. The molecule has 0 saturated carbocycles. The Balaban J connectivity index is 1.61. The van der Waals surface area contributed by atoms with E-state index in [0.29, 0.717) is 19.6 Å². The van der Waals surface area contributed by atoms with Gasteiger partial charge in [-0.05, 0) is 55.8 Å². The number of ether oxygens (including phenoxy) is 1. The minimum absolute atomic E-state index is 0.0253. The molecular weight excluding hydrogens is 381 g/mol. The summed E-state index contributed by atoms with van der Waals surface area (Å²) in [5, 5.41) is 3.20. The summed E-state index contributed by atoms with van der Waals surface area (Å²) in [6.07, 6.45) is 1.03. The first-order valence-corrected chi connectivity index (χ1v) is 10.7. The van der Waals surface area contributed by atoms with Crippen LogP contribution in [0.4, 0.5) is 4.39 Å². The number of benzene rings is 2. The monoisotopic (exact) mass is 411 g/mol.